The maximum atomic E-state index is 12.2. The van der Waals surface area contributed by atoms with Gasteiger partial charge in [0.05, 0.1) is 0 Å². The quantitative estimate of drug-likeness (QED) is 0.806. The molecule has 1 atom stereocenters. The number of halogens is 3. The van der Waals surface area contributed by atoms with E-state index in [1.54, 1.807) is 6.92 Å². The van der Waals surface area contributed by atoms with Gasteiger partial charge in [0.15, 0.2) is 0 Å². The van der Waals surface area contributed by atoms with Gasteiger partial charge in [-0.1, -0.05) is 0 Å². The molecular weight excluding hydrogens is 221 g/mol. The fourth-order valence-electron chi connectivity index (χ4n) is 1.93. The van der Waals surface area contributed by atoms with Crippen molar-refractivity contribution in [2.24, 2.45) is 5.92 Å². The van der Waals surface area contributed by atoms with Gasteiger partial charge in [0.25, 0.3) is 0 Å². The van der Waals surface area contributed by atoms with Crippen LogP contribution < -0.4 is 5.32 Å². The molecule has 0 bridgehead atoms. The van der Waals surface area contributed by atoms with E-state index in [2.05, 4.69) is 5.32 Å². The molecule has 94 valence electrons. The van der Waals surface area contributed by atoms with Gasteiger partial charge in [-0.2, -0.15) is 13.2 Å². The number of hydrogen-bond donors (Lipinski definition) is 1. The SMILES string of the molecule is CCN(CC1CCCNC1)C(=O)C(F)(F)F. The molecule has 1 unspecified atom stereocenters. The van der Waals surface area contributed by atoms with Crippen molar-refractivity contribution >= 4 is 5.91 Å². The van der Waals surface area contributed by atoms with E-state index in [-0.39, 0.29) is 19.0 Å². The lowest BCUT2D eigenvalue weighted by molar-refractivity contribution is -0.185. The van der Waals surface area contributed by atoms with Crippen LogP contribution in [0.5, 0.6) is 0 Å². The van der Waals surface area contributed by atoms with Crippen LogP contribution in [0.25, 0.3) is 0 Å². The van der Waals surface area contributed by atoms with Gasteiger partial charge in [0, 0.05) is 13.1 Å². The van der Waals surface area contributed by atoms with E-state index in [0.29, 0.717) is 6.54 Å². The fraction of sp³-hybridized carbons (Fsp3) is 0.900. The van der Waals surface area contributed by atoms with Crippen molar-refractivity contribution in [1.29, 1.82) is 0 Å². The van der Waals surface area contributed by atoms with Crippen molar-refractivity contribution in [3.8, 4) is 0 Å². The zero-order chi connectivity index (χ0) is 12.2. The molecule has 0 aromatic carbocycles. The summed E-state index contributed by atoms with van der Waals surface area (Å²) in [5.74, 6) is -1.58. The summed E-state index contributed by atoms with van der Waals surface area (Å²) >= 11 is 0. The largest absolute Gasteiger partial charge is 0.471 e. The number of amides is 1. The Labute approximate surface area is 93.0 Å². The normalized spacial score (nSPS) is 21.9. The standard InChI is InChI=1S/C10H17F3N2O/c1-2-15(9(16)10(11,12)13)7-8-4-3-5-14-6-8/h8,14H,2-7H2,1H3. The second-order valence-electron chi connectivity index (χ2n) is 4.05. The Morgan fingerprint density at radius 2 is 2.19 bits per heavy atom. The average Bonchev–Trinajstić information content (AvgIpc) is 2.25. The maximum absolute atomic E-state index is 12.2. The highest BCUT2D eigenvalue weighted by Crippen LogP contribution is 2.20. The van der Waals surface area contributed by atoms with Gasteiger partial charge in [-0.25, -0.2) is 0 Å². The molecule has 1 rings (SSSR count). The third-order valence-corrected chi connectivity index (χ3v) is 2.79. The van der Waals surface area contributed by atoms with Gasteiger partial charge >= 0.3 is 12.1 Å². The average molecular weight is 238 g/mol. The van der Waals surface area contributed by atoms with Crippen LogP contribution in [-0.2, 0) is 4.79 Å². The van der Waals surface area contributed by atoms with Gasteiger partial charge in [-0.15, -0.1) is 0 Å². The topological polar surface area (TPSA) is 32.3 Å². The number of hydrogen-bond acceptors (Lipinski definition) is 2. The Morgan fingerprint density at radius 1 is 1.50 bits per heavy atom. The summed E-state index contributed by atoms with van der Waals surface area (Å²) in [7, 11) is 0. The lowest BCUT2D eigenvalue weighted by atomic mass is 9.99. The Kier molecular flexibility index (Phi) is 4.58. The molecule has 1 amide bonds. The van der Waals surface area contributed by atoms with Crippen LogP contribution in [-0.4, -0.2) is 43.2 Å². The summed E-state index contributed by atoms with van der Waals surface area (Å²) in [4.78, 5) is 11.9. The Hall–Kier alpha value is -0.780. The first-order chi connectivity index (χ1) is 7.45. The van der Waals surface area contributed by atoms with Crippen LogP contribution in [0.3, 0.4) is 0 Å². The molecule has 1 fully saturated rings. The smallest absolute Gasteiger partial charge is 0.335 e. The molecule has 0 aliphatic carbocycles. The molecular formula is C10H17F3N2O. The number of carbonyl (C=O) groups excluding carboxylic acids is 1. The van der Waals surface area contributed by atoms with Crippen LogP contribution in [0.4, 0.5) is 13.2 Å². The minimum absolute atomic E-state index is 0.106. The summed E-state index contributed by atoms with van der Waals surface area (Å²) in [6.07, 6.45) is -2.91. The molecule has 1 aliphatic heterocycles. The van der Waals surface area contributed by atoms with Crippen molar-refractivity contribution in [3.63, 3.8) is 0 Å². The highest BCUT2D eigenvalue weighted by Gasteiger charge is 2.42. The molecule has 16 heavy (non-hydrogen) atoms. The maximum Gasteiger partial charge on any atom is 0.471 e. The van der Waals surface area contributed by atoms with E-state index in [0.717, 1.165) is 24.3 Å². The lowest BCUT2D eigenvalue weighted by Gasteiger charge is -2.29. The molecule has 6 heteroatoms. The van der Waals surface area contributed by atoms with E-state index < -0.39 is 12.1 Å². The first-order valence-corrected chi connectivity index (χ1v) is 5.52. The van der Waals surface area contributed by atoms with Crippen molar-refractivity contribution in [3.05, 3.63) is 0 Å². The summed E-state index contributed by atoms with van der Waals surface area (Å²) in [5, 5.41) is 3.12. The highest BCUT2D eigenvalue weighted by molar-refractivity contribution is 5.81. The van der Waals surface area contributed by atoms with Crippen LogP contribution in [0.1, 0.15) is 19.8 Å². The number of nitrogens with zero attached hydrogens (tertiary/aromatic N) is 1. The van der Waals surface area contributed by atoms with Gasteiger partial charge in [-0.3, -0.25) is 4.79 Å². The predicted octanol–water partition coefficient (Wildman–Crippen LogP) is 1.40. The van der Waals surface area contributed by atoms with Crippen molar-refractivity contribution < 1.29 is 18.0 Å². The zero-order valence-electron chi connectivity index (χ0n) is 9.31. The number of nitrogens with one attached hydrogen (secondary N) is 1. The number of alkyl halides is 3. The van der Waals surface area contributed by atoms with Crippen molar-refractivity contribution in [2.45, 2.75) is 25.9 Å². The monoisotopic (exact) mass is 238 g/mol. The Bertz CT molecular complexity index is 237. The molecule has 0 radical (unpaired) electrons. The number of piperidine rings is 1. The molecule has 1 N–H and O–H groups in total. The second kappa shape index (κ2) is 5.52. The first kappa shape index (κ1) is 13.3. The lowest BCUT2D eigenvalue weighted by Crippen LogP contribution is -2.46. The molecule has 0 aromatic heterocycles. The molecule has 0 saturated carbocycles. The zero-order valence-corrected chi connectivity index (χ0v) is 9.31. The Balaban J connectivity index is 2.50. The summed E-state index contributed by atoms with van der Waals surface area (Å²) in [6, 6.07) is 0. The molecule has 1 saturated heterocycles. The molecule has 3 nitrogen and oxygen atoms in total. The summed E-state index contributed by atoms with van der Waals surface area (Å²) < 4.78 is 36.7. The van der Waals surface area contributed by atoms with Crippen LogP contribution in [0.2, 0.25) is 0 Å². The van der Waals surface area contributed by atoms with Crippen LogP contribution in [0, 0.1) is 5.92 Å². The van der Waals surface area contributed by atoms with Crippen molar-refractivity contribution in [1.82, 2.24) is 10.2 Å². The first-order valence-electron chi connectivity index (χ1n) is 5.52. The third kappa shape index (κ3) is 3.66. The predicted molar refractivity (Wildman–Crippen MR) is 53.9 cm³/mol. The van der Waals surface area contributed by atoms with Gasteiger partial charge in [0.2, 0.25) is 0 Å². The van der Waals surface area contributed by atoms with E-state index in [9.17, 15) is 18.0 Å². The minimum Gasteiger partial charge on any atom is -0.335 e. The highest BCUT2D eigenvalue weighted by atomic mass is 19.4. The van der Waals surface area contributed by atoms with Crippen LogP contribution in [0.15, 0.2) is 0 Å². The van der Waals surface area contributed by atoms with Crippen LogP contribution >= 0.6 is 0 Å². The third-order valence-electron chi connectivity index (χ3n) is 2.79. The summed E-state index contributed by atoms with van der Waals surface area (Å²) in [6.45, 7) is 3.48. The van der Waals surface area contributed by atoms with Gasteiger partial charge < -0.3 is 10.2 Å². The molecule has 1 aliphatic rings. The van der Waals surface area contributed by atoms with E-state index in [1.165, 1.54) is 0 Å². The molecule has 0 spiro atoms. The van der Waals surface area contributed by atoms with Gasteiger partial charge in [-0.05, 0) is 38.8 Å². The van der Waals surface area contributed by atoms with E-state index in [1.807, 2.05) is 0 Å². The minimum atomic E-state index is -4.75. The number of rotatable bonds is 3. The van der Waals surface area contributed by atoms with E-state index in [4.69, 9.17) is 0 Å². The second-order valence-corrected chi connectivity index (χ2v) is 4.05. The molecule has 0 aromatic rings. The summed E-state index contributed by atoms with van der Waals surface area (Å²) in [5.41, 5.74) is 0. The Morgan fingerprint density at radius 3 is 2.62 bits per heavy atom. The van der Waals surface area contributed by atoms with Gasteiger partial charge in [0.1, 0.15) is 0 Å². The van der Waals surface area contributed by atoms with Crippen molar-refractivity contribution in [2.75, 3.05) is 26.2 Å². The van der Waals surface area contributed by atoms with E-state index >= 15 is 0 Å². The number of carbonyl (C=O) groups is 1. The fourth-order valence-corrected chi connectivity index (χ4v) is 1.93. The molecule has 1 heterocycles.